The Morgan fingerprint density at radius 3 is 2.88 bits per heavy atom. The van der Waals surface area contributed by atoms with Crippen LogP contribution in [0.3, 0.4) is 0 Å². The van der Waals surface area contributed by atoms with Crippen molar-refractivity contribution < 1.29 is 8.81 Å². The summed E-state index contributed by atoms with van der Waals surface area (Å²) in [5, 5.41) is 6.28. The van der Waals surface area contributed by atoms with Gasteiger partial charge >= 0.3 is 5.63 Å². The van der Waals surface area contributed by atoms with Gasteiger partial charge in [-0.15, -0.1) is 11.3 Å². The van der Waals surface area contributed by atoms with Gasteiger partial charge in [0.2, 0.25) is 0 Å². The lowest BCUT2D eigenvalue weighted by molar-refractivity contribution is 0.563. The number of thiazole rings is 1. The first-order chi connectivity index (χ1) is 12.1. The van der Waals surface area contributed by atoms with Gasteiger partial charge in [-0.05, 0) is 36.8 Å². The van der Waals surface area contributed by atoms with Crippen LogP contribution in [0, 0.1) is 12.7 Å². The maximum Gasteiger partial charge on any atom is 0.345 e. The molecular formula is C19H13FN2O2S. The van der Waals surface area contributed by atoms with Gasteiger partial charge in [0.05, 0.1) is 11.3 Å². The number of aryl methyl sites for hydroxylation is 1. The molecule has 2 aromatic heterocycles. The van der Waals surface area contributed by atoms with Crippen molar-refractivity contribution in [3.05, 3.63) is 75.7 Å². The molecule has 0 aliphatic rings. The molecule has 0 spiro atoms. The highest BCUT2D eigenvalue weighted by molar-refractivity contribution is 7.14. The third kappa shape index (κ3) is 3.04. The maximum absolute atomic E-state index is 13.4. The van der Waals surface area contributed by atoms with E-state index in [9.17, 15) is 9.18 Å². The smallest absolute Gasteiger partial charge is 0.345 e. The molecule has 25 heavy (non-hydrogen) atoms. The molecule has 0 fully saturated rings. The van der Waals surface area contributed by atoms with Gasteiger partial charge in [-0.1, -0.05) is 24.3 Å². The Bertz CT molecular complexity index is 1130. The average Bonchev–Trinajstić information content (AvgIpc) is 3.06. The normalized spacial score (nSPS) is 11.0. The molecule has 0 amide bonds. The summed E-state index contributed by atoms with van der Waals surface area (Å²) < 4.78 is 18.8. The van der Waals surface area contributed by atoms with E-state index in [1.54, 1.807) is 23.6 Å². The lowest BCUT2D eigenvalue weighted by atomic mass is 10.1. The van der Waals surface area contributed by atoms with Crippen LogP contribution < -0.4 is 10.9 Å². The standard InChI is InChI=1S/C19H13FN2O2S/c1-11-6-7-13(20)9-15(11)21-19-22-16(10-25-19)14-8-12-4-2-3-5-17(12)24-18(14)23/h2-10H,1H3,(H,21,22). The maximum atomic E-state index is 13.4. The number of hydrogen-bond acceptors (Lipinski definition) is 5. The molecule has 4 aromatic rings. The fourth-order valence-corrected chi connectivity index (χ4v) is 3.26. The Kier molecular flexibility index (Phi) is 3.82. The van der Waals surface area contributed by atoms with Crippen molar-refractivity contribution in [2.24, 2.45) is 0 Å². The zero-order chi connectivity index (χ0) is 17.4. The van der Waals surface area contributed by atoms with Crippen LogP contribution in [0.25, 0.3) is 22.2 Å². The topological polar surface area (TPSA) is 55.1 Å². The van der Waals surface area contributed by atoms with Crippen LogP contribution in [0.2, 0.25) is 0 Å². The third-order valence-corrected chi connectivity index (χ3v) is 4.62. The fourth-order valence-electron chi connectivity index (χ4n) is 2.54. The molecule has 0 bridgehead atoms. The van der Waals surface area contributed by atoms with E-state index in [2.05, 4.69) is 10.3 Å². The number of nitrogens with zero attached hydrogens (tertiary/aromatic N) is 1. The van der Waals surface area contributed by atoms with Gasteiger partial charge in [-0.25, -0.2) is 14.2 Å². The largest absolute Gasteiger partial charge is 0.422 e. The number of para-hydroxylation sites is 1. The van der Waals surface area contributed by atoms with Crippen LogP contribution in [-0.2, 0) is 0 Å². The van der Waals surface area contributed by atoms with E-state index < -0.39 is 5.63 Å². The summed E-state index contributed by atoms with van der Waals surface area (Å²) in [7, 11) is 0. The minimum atomic E-state index is -0.433. The van der Waals surface area contributed by atoms with Gasteiger partial charge in [0.1, 0.15) is 11.4 Å². The number of halogens is 1. The van der Waals surface area contributed by atoms with Crippen LogP contribution >= 0.6 is 11.3 Å². The Balaban J connectivity index is 1.71. The van der Waals surface area contributed by atoms with Crippen molar-refractivity contribution in [3.63, 3.8) is 0 Å². The zero-order valence-electron chi connectivity index (χ0n) is 13.2. The molecule has 4 rings (SSSR count). The molecule has 1 N–H and O–H groups in total. The van der Waals surface area contributed by atoms with Crippen molar-refractivity contribution in [1.82, 2.24) is 4.98 Å². The minimum Gasteiger partial charge on any atom is -0.422 e. The summed E-state index contributed by atoms with van der Waals surface area (Å²) in [6.07, 6.45) is 0. The van der Waals surface area contributed by atoms with Crippen molar-refractivity contribution in [1.29, 1.82) is 0 Å². The van der Waals surface area contributed by atoms with Gasteiger partial charge in [-0.3, -0.25) is 0 Å². The Morgan fingerprint density at radius 1 is 1.16 bits per heavy atom. The highest BCUT2D eigenvalue weighted by Crippen LogP contribution is 2.28. The molecule has 0 saturated heterocycles. The van der Waals surface area contributed by atoms with Crippen molar-refractivity contribution in [2.75, 3.05) is 5.32 Å². The molecule has 6 heteroatoms. The number of rotatable bonds is 3. The molecule has 0 atom stereocenters. The number of fused-ring (bicyclic) bond motifs is 1. The molecule has 0 aliphatic carbocycles. The predicted octanol–water partition coefficient (Wildman–Crippen LogP) is 5.11. The molecule has 124 valence electrons. The molecule has 0 saturated carbocycles. The summed E-state index contributed by atoms with van der Waals surface area (Å²) in [4.78, 5) is 16.7. The number of benzene rings is 2. The summed E-state index contributed by atoms with van der Waals surface area (Å²) in [6, 6.07) is 13.6. The summed E-state index contributed by atoms with van der Waals surface area (Å²) in [6.45, 7) is 1.88. The molecule has 0 unspecified atom stereocenters. The first kappa shape index (κ1) is 15.5. The fraction of sp³-hybridized carbons (Fsp3) is 0.0526. The third-order valence-electron chi connectivity index (χ3n) is 3.86. The van der Waals surface area contributed by atoms with E-state index in [1.807, 2.05) is 25.1 Å². The van der Waals surface area contributed by atoms with Crippen LogP contribution in [0.15, 0.2) is 63.1 Å². The number of nitrogens with one attached hydrogen (secondary N) is 1. The quantitative estimate of drug-likeness (QED) is 0.521. The minimum absolute atomic E-state index is 0.319. The molecule has 2 heterocycles. The van der Waals surface area contributed by atoms with Crippen LogP contribution in [0.5, 0.6) is 0 Å². The zero-order valence-corrected chi connectivity index (χ0v) is 14.1. The second-order valence-corrected chi connectivity index (χ2v) is 6.47. The SMILES string of the molecule is Cc1ccc(F)cc1Nc1nc(-c2cc3ccccc3oc2=O)cs1. The number of anilines is 2. The lowest BCUT2D eigenvalue weighted by Crippen LogP contribution is -2.03. The Hall–Kier alpha value is -2.99. The van der Waals surface area contributed by atoms with E-state index in [0.717, 1.165) is 10.9 Å². The predicted molar refractivity (Wildman–Crippen MR) is 98.0 cm³/mol. The van der Waals surface area contributed by atoms with Crippen LogP contribution in [0.1, 0.15) is 5.56 Å². The second kappa shape index (κ2) is 6.14. The van der Waals surface area contributed by atoms with E-state index >= 15 is 0 Å². The van der Waals surface area contributed by atoms with Gasteiger partial charge in [0.15, 0.2) is 5.13 Å². The number of hydrogen-bond donors (Lipinski definition) is 1. The lowest BCUT2D eigenvalue weighted by Gasteiger charge is -2.06. The first-order valence-electron chi connectivity index (χ1n) is 7.62. The Morgan fingerprint density at radius 2 is 2.00 bits per heavy atom. The van der Waals surface area contributed by atoms with E-state index in [0.29, 0.717) is 27.7 Å². The summed E-state index contributed by atoms with van der Waals surface area (Å²) in [5.41, 5.74) is 2.59. The van der Waals surface area contributed by atoms with E-state index in [1.165, 1.54) is 23.5 Å². The molecule has 0 aliphatic heterocycles. The number of aromatic nitrogens is 1. The molecular weight excluding hydrogens is 339 g/mol. The van der Waals surface area contributed by atoms with E-state index in [-0.39, 0.29) is 5.82 Å². The van der Waals surface area contributed by atoms with Gasteiger partial charge in [-0.2, -0.15) is 0 Å². The first-order valence-corrected chi connectivity index (χ1v) is 8.50. The van der Waals surface area contributed by atoms with Crippen molar-refractivity contribution in [3.8, 4) is 11.3 Å². The molecule has 2 aromatic carbocycles. The molecule has 0 radical (unpaired) electrons. The van der Waals surface area contributed by atoms with Gasteiger partial charge in [0.25, 0.3) is 0 Å². The van der Waals surface area contributed by atoms with Gasteiger partial charge in [0, 0.05) is 16.5 Å². The highest BCUT2D eigenvalue weighted by atomic mass is 32.1. The summed E-state index contributed by atoms with van der Waals surface area (Å²) in [5.74, 6) is -0.319. The van der Waals surface area contributed by atoms with Crippen LogP contribution in [-0.4, -0.2) is 4.98 Å². The van der Waals surface area contributed by atoms with Crippen LogP contribution in [0.4, 0.5) is 15.2 Å². The average molecular weight is 352 g/mol. The van der Waals surface area contributed by atoms with Gasteiger partial charge < -0.3 is 9.73 Å². The molecule has 4 nitrogen and oxygen atoms in total. The van der Waals surface area contributed by atoms with Crippen molar-refractivity contribution >= 4 is 33.1 Å². The highest BCUT2D eigenvalue weighted by Gasteiger charge is 2.12. The van der Waals surface area contributed by atoms with Crippen molar-refractivity contribution in [2.45, 2.75) is 6.92 Å². The van der Waals surface area contributed by atoms with E-state index in [4.69, 9.17) is 4.42 Å². The monoisotopic (exact) mass is 352 g/mol. The summed E-state index contributed by atoms with van der Waals surface area (Å²) >= 11 is 1.34. The Labute approximate surface area is 146 Å². The second-order valence-electron chi connectivity index (χ2n) is 5.61.